The lowest BCUT2D eigenvalue weighted by Crippen LogP contribution is -2.24. The highest BCUT2D eigenvalue weighted by Gasteiger charge is 2.22. The lowest BCUT2D eigenvalue weighted by molar-refractivity contribution is -0.120. The molecule has 0 aliphatic heterocycles. The molecule has 0 saturated heterocycles. The Kier molecular flexibility index (Phi) is 4.51. The van der Waals surface area contributed by atoms with Crippen molar-refractivity contribution in [3.63, 3.8) is 0 Å². The SMILES string of the molecule is O=C(Nc1nnc(-c2ccccc2Cl)s1)C1CCCCC1. The number of anilines is 1. The van der Waals surface area contributed by atoms with E-state index in [2.05, 4.69) is 15.5 Å². The van der Waals surface area contributed by atoms with Crippen LogP contribution in [0.1, 0.15) is 32.1 Å². The van der Waals surface area contributed by atoms with Crippen molar-refractivity contribution in [1.29, 1.82) is 0 Å². The molecule has 21 heavy (non-hydrogen) atoms. The zero-order chi connectivity index (χ0) is 14.7. The molecule has 3 rings (SSSR count). The van der Waals surface area contributed by atoms with Crippen molar-refractivity contribution >= 4 is 34.0 Å². The van der Waals surface area contributed by atoms with E-state index in [0.717, 1.165) is 36.3 Å². The van der Waals surface area contributed by atoms with Crippen LogP contribution in [-0.4, -0.2) is 16.1 Å². The fourth-order valence-electron chi connectivity index (χ4n) is 2.59. The van der Waals surface area contributed by atoms with Gasteiger partial charge in [-0.3, -0.25) is 4.79 Å². The summed E-state index contributed by atoms with van der Waals surface area (Å²) in [7, 11) is 0. The van der Waals surface area contributed by atoms with E-state index in [-0.39, 0.29) is 11.8 Å². The van der Waals surface area contributed by atoms with Crippen LogP contribution < -0.4 is 5.32 Å². The monoisotopic (exact) mass is 321 g/mol. The van der Waals surface area contributed by atoms with Crippen LogP contribution in [0.3, 0.4) is 0 Å². The molecule has 1 heterocycles. The van der Waals surface area contributed by atoms with E-state index < -0.39 is 0 Å². The van der Waals surface area contributed by atoms with Crippen LogP contribution in [-0.2, 0) is 4.79 Å². The van der Waals surface area contributed by atoms with Crippen LogP contribution in [0.5, 0.6) is 0 Å². The van der Waals surface area contributed by atoms with Gasteiger partial charge in [0.25, 0.3) is 0 Å². The van der Waals surface area contributed by atoms with Gasteiger partial charge in [-0.05, 0) is 18.9 Å². The first-order chi connectivity index (χ1) is 10.2. The summed E-state index contributed by atoms with van der Waals surface area (Å²) in [6, 6.07) is 7.50. The Balaban J connectivity index is 1.70. The van der Waals surface area contributed by atoms with Crippen LogP contribution in [0.4, 0.5) is 5.13 Å². The van der Waals surface area contributed by atoms with E-state index >= 15 is 0 Å². The Morgan fingerprint density at radius 2 is 1.95 bits per heavy atom. The normalized spacial score (nSPS) is 15.9. The first-order valence-corrected chi connectivity index (χ1v) is 8.33. The van der Waals surface area contributed by atoms with Gasteiger partial charge in [0, 0.05) is 11.5 Å². The largest absolute Gasteiger partial charge is 0.300 e. The third-order valence-electron chi connectivity index (χ3n) is 3.74. The minimum absolute atomic E-state index is 0.0663. The van der Waals surface area contributed by atoms with Gasteiger partial charge in [0.2, 0.25) is 11.0 Å². The molecule has 2 aromatic rings. The molecule has 0 unspecified atom stereocenters. The Morgan fingerprint density at radius 3 is 2.71 bits per heavy atom. The van der Waals surface area contributed by atoms with Crippen LogP contribution in [0, 0.1) is 5.92 Å². The zero-order valence-corrected chi connectivity index (χ0v) is 13.1. The smallest absolute Gasteiger partial charge is 0.229 e. The van der Waals surface area contributed by atoms with Crippen LogP contribution in [0.15, 0.2) is 24.3 Å². The Hall–Kier alpha value is -1.46. The van der Waals surface area contributed by atoms with Gasteiger partial charge in [0.1, 0.15) is 0 Å². The highest BCUT2D eigenvalue weighted by atomic mass is 35.5. The lowest BCUT2D eigenvalue weighted by atomic mass is 9.89. The number of carbonyl (C=O) groups is 1. The molecule has 0 bridgehead atoms. The van der Waals surface area contributed by atoms with Crippen molar-refractivity contribution in [2.75, 3.05) is 5.32 Å². The van der Waals surface area contributed by atoms with E-state index in [1.807, 2.05) is 24.3 Å². The summed E-state index contributed by atoms with van der Waals surface area (Å²) in [6.07, 6.45) is 5.46. The molecule has 4 nitrogen and oxygen atoms in total. The summed E-state index contributed by atoms with van der Waals surface area (Å²) in [5, 5.41) is 12.9. The number of rotatable bonds is 3. The van der Waals surface area contributed by atoms with Crippen molar-refractivity contribution in [1.82, 2.24) is 10.2 Å². The minimum atomic E-state index is 0.0663. The van der Waals surface area contributed by atoms with Crippen LogP contribution in [0.25, 0.3) is 10.6 Å². The molecular formula is C15H16ClN3OS. The molecule has 6 heteroatoms. The molecular weight excluding hydrogens is 306 g/mol. The number of benzene rings is 1. The predicted octanol–water partition coefficient (Wildman–Crippen LogP) is 4.38. The fourth-order valence-corrected chi connectivity index (χ4v) is 3.66. The topological polar surface area (TPSA) is 54.9 Å². The minimum Gasteiger partial charge on any atom is -0.300 e. The molecule has 0 radical (unpaired) electrons. The molecule has 1 aliphatic rings. The third-order valence-corrected chi connectivity index (χ3v) is 4.94. The van der Waals surface area contributed by atoms with E-state index in [4.69, 9.17) is 11.6 Å². The zero-order valence-electron chi connectivity index (χ0n) is 11.5. The second kappa shape index (κ2) is 6.54. The summed E-state index contributed by atoms with van der Waals surface area (Å²) in [5.74, 6) is 0.183. The molecule has 1 fully saturated rings. The molecule has 1 aromatic heterocycles. The van der Waals surface area contributed by atoms with E-state index in [0.29, 0.717) is 10.2 Å². The van der Waals surface area contributed by atoms with Crippen LogP contribution in [0.2, 0.25) is 5.02 Å². The molecule has 1 amide bonds. The quantitative estimate of drug-likeness (QED) is 0.912. The Morgan fingerprint density at radius 1 is 1.19 bits per heavy atom. The number of nitrogens with one attached hydrogen (secondary N) is 1. The second-order valence-electron chi connectivity index (χ2n) is 5.22. The molecule has 1 aromatic carbocycles. The molecule has 0 spiro atoms. The number of hydrogen-bond acceptors (Lipinski definition) is 4. The molecule has 1 N–H and O–H groups in total. The summed E-state index contributed by atoms with van der Waals surface area (Å²) in [4.78, 5) is 12.2. The fraction of sp³-hybridized carbons (Fsp3) is 0.400. The summed E-state index contributed by atoms with van der Waals surface area (Å²) < 4.78 is 0. The van der Waals surface area contributed by atoms with Gasteiger partial charge in [-0.15, -0.1) is 10.2 Å². The molecule has 1 aliphatic carbocycles. The number of aromatic nitrogens is 2. The third kappa shape index (κ3) is 3.41. The van der Waals surface area contributed by atoms with Gasteiger partial charge in [-0.1, -0.05) is 60.4 Å². The second-order valence-corrected chi connectivity index (χ2v) is 6.60. The van der Waals surface area contributed by atoms with Crippen molar-refractivity contribution in [2.24, 2.45) is 5.92 Å². The van der Waals surface area contributed by atoms with Gasteiger partial charge < -0.3 is 5.32 Å². The molecule has 1 saturated carbocycles. The maximum atomic E-state index is 12.2. The van der Waals surface area contributed by atoms with E-state index in [1.54, 1.807) is 0 Å². The van der Waals surface area contributed by atoms with E-state index in [1.165, 1.54) is 17.8 Å². The summed E-state index contributed by atoms with van der Waals surface area (Å²) in [5.41, 5.74) is 0.842. The number of nitrogens with zero attached hydrogens (tertiary/aromatic N) is 2. The lowest BCUT2D eigenvalue weighted by Gasteiger charge is -2.19. The van der Waals surface area contributed by atoms with Crippen molar-refractivity contribution in [3.05, 3.63) is 29.3 Å². The van der Waals surface area contributed by atoms with Crippen molar-refractivity contribution < 1.29 is 4.79 Å². The number of amides is 1. The number of hydrogen-bond donors (Lipinski definition) is 1. The maximum absolute atomic E-state index is 12.2. The van der Waals surface area contributed by atoms with Gasteiger partial charge in [0.15, 0.2) is 5.01 Å². The summed E-state index contributed by atoms with van der Waals surface area (Å²) >= 11 is 7.50. The predicted molar refractivity (Wildman–Crippen MR) is 85.6 cm³/mol. The first-order valence-electron chi connectivity index (χ1n) is 7.13. The van der Waals surface area contributed by atoms with Gasteiger partial charge in [0.05, 0.1) is 5.02 Å². The molecule has 110 valence electrons. The summed E-state index contributed by atoms with van der Waals surface area (Å²) in [6.45, 7) is 0. The highest BCUT2D eigenvalue weighted by Crippen LogP contribution is 2.32. The first kappa shape index (κ1) is 14.5. The standard InChI is InChI=1S/C15H16ClN3OS/c16-12-9-5-4-8-11(12)14-18-19-15(21-14)17-13(20)10-6-2-1-3-7-10/h4-5,8-10H,1-3,6-7H2,(H,17,19,20). The number of carbonyl (C=O) groups excluding carboxylic acids is 1. The Bertz CT molecular complexity index is 637. The average molecular weight is 322 g/mol. The van der Waals surface area contributed by atoms with Crippen LogP contribution >= 0.6 is 22.9 Å². The Labute approximate surface area is 132 Å². The molecule has 0 atom stereocenters. The van der Waals surface area contributed by atoms with Gasteiger partial charge >= 0.3 is 0 Å². The average Bonchev–Trinajstić information content (AvgIpc) is 2.97. The van der Waals surface area contributed by atoms with Gasteiger partial charge in [-0.25, -0.2) is 0 Å². The van der Waals surface area contributed by atoms with Crippen molar-refractivity contribution in [3.8, 4) is 10.6 Å². The van der Waals surface area contributed by atoms with E-state index in [9.17, 15) is 4.79 Å². The van der Waals surface area contributed by atoms with Gasteiger partial charge in [-0.2, -0.15) is 0 Å². The number of halogens is 1. The van der Waals surface area contributed by atoms with Crippen molar-refractivity contribution in [2.45, 2.75) is 32.1 Å². The maximum Gasteiger partial charge on any atom is 0.229 e. The highest BCUT2D eigenvalue weighted by molar-refractivity contribution is 7.18.